The molecule has 0 saturated heterocycles. The maximum Gasteiger partial charge on any atom is 0.0557 e. The lowest BCUT2D eigenvalue weighted by Crippen LogP contribution is -1.79. The lowest BCUT2D eigenvalue weighted by molar-refractivity contribution is 1.35. The van der Waals surface area contributed by atoms with E-state index in [9.17, 15) is 0 Å². The first-order chi connectivity index (χ1) is 7.45. The summed E-state index contributed by atoms with van der Waals surface area (Å²) in [6.45, 7) is 0. The molecule has 0 aromatic carbocycles. The first kappa shape index (κ1) is 7.23. The second-order valence-electron chi connectivity index (χ2n) is 3.81. The molecular formula is C13H8N2. The summed E-state index contributed by atoms with van der Waals surface area (Å²) in [5.41, 5.74) is 3.77. The zero-order valence-corrected chi connectivity index (χ0v) is 8.01. The third-order valence-electron chi connectivity index (χ3n) is 3.05. The van der Waals surface area contributed by atoms with Crippen molar-refractivity contribution in [1.29, 1.82) is 0 Å². The highest BCUT2D eigenvalue weighted by Crippen LogP contribution is 2.30. The Morgan fingerprint density at radius 1 is 0.867 bits per heavy atom. The highest BCUT2D eigenvalue weighted by atomic mass is 14.9. The summed E-state index contributed by atoms with van der Waals surface area (Å²) in [6, 6.07) is 12.8. The van der Waals surface area contributed by atoms with E-state index in [1.807, 2.05) is 12.4 Å². The van der Waals surface area contributed by atoms with E-state index in [1.54, 1.807) is 0 Å². The molecule has 0 unspecified atom stereocenters. The minimum atomic E-state index is 1.23. The molecule has 0 radical (unpaired) electrons. The molecule has 4 rings (SSSR count). The summed E-state index contributed by atoms with van der Waals surface area (Å²) in [5, 5.41) is 2.52. The SMILES string of the molecule is c1cc2ccc3c4cnccc4c(c1)n23. The maximum absolute atomic E-state index is 4.19. The van der Waals surface area contributed by atoms with Crippen molar-refractivity contribution >= 4 is 27.3 Å². The Morgan fingerprint density at radius 3 is 2.80 bits per heavy atom. The molecular weight excluding hydrogens is 184 g/mol. The summed E-state index contributed by atoms with van der Waals surface area (Å²) >= 11 is 0. The lowest BCUT2D eigenvalue weighted by Gasteiger charge is -1.94. The number of nitrogens with zero attached hydrogens (tertiary/aromatic N) is 2. The van der Waals surface area contributed by atoms with Gasteiger partial charge in [0.25, 0.3) is 0 Å². The van der Waals surface area contributed by atoms with E-state index in [-0.39, 0.29) is 0 Å². The average molecular weight is 192 g/mol. The topological polar surface area (TPSA) is 17.3 Å². The first-order valence-electron chi connectivity index (χ1n) is 5.00. The molecule has 15 heavy (non-hydrogen) atoms. The molecule has 0 aliphatic rings. The third-order valence-corrected chi connectivity index (χ3v) is 3.05. The largest absolute Gasteiger partial charge is 0.309 e. The van der Waals surface area contributed by atoms with Crippen LogP contribution in [0.1, 0.15) is 0 Å². The molecule has 0 fully saturated rings. The van der Waals surface area contributed by atoms with Crippen LogP contribution in [-0.2, 0) is 0 Å². The normalized spacial score (nSPS) is 12.0. The van der Waals surface area contributed by atoms with Gasteiger partial charge in [-0.2, -0.15) is 0 Å². The van der Waals surface area contributed by atoms with Crippen LogP contribution in [0.25, 0.3) is 27.3 Å². The van der Waals surface area contributed by atoms with Gasteiger partial charge in [-0.3, -0.25) is 4.98 Å². The number of fused-ring (bicyclic) bond motifs is 3. The van der Waals surface area contributed by atoms with Crippen molar-refractivity contribution in [1.82, 2.24) is 9.38 Å². The van der Waals surface area contributed by atoms with Crippen LogP contribution in [0.3, 0.4) is 0 Å². The van der Waals surface area contributed by atoms with Gasteiger partial charge >= 0.3 is 0 Å². The molecule has 4 aromatic heterocycles. The van der Waals surface area contributed by atoms with Gasteiger partial charge in [-0.15, -0.1) is 0 Å². The number of hydrogen-bond acceptors (Lipinski definition) is 1. The van der Waals surface area contributed by atoms with E-state index in [2.05, 4.69) is 45.8 Å². The van der Waals surface area contributed by atoms with E-state index in [0.29, 0.717) is 0 Å². The lowest BCUT2D eigenvalue weighted by atomic mass is 10.2. The van der Waals surface area contributed by atoms with E-state index >= 15 is 0 Å². The molecule has 0 saturated carbocycles. The standard InChI is InChI=1S/C13H8N2/c1-2-9-4-5-13-11-8-14-7-6-10(11)12(3-1)15(9)13/h1-8H. The summed E-state index contributed by atoms with van der Waals surface area (Å²) in [5.74, 6) is 0. The van der Waals surface area contributed by atoms with Gasteiger partial charge in [0.2, 0.25) is 0 Å². The maximum atomic E-state index is 4.19. The Morgan fingerprint density at radius 2 is 1.80 bits per heavy atom. The summed E-state index contributed by atoms with van der Waals surface area (Å²) in [4.78, 5) is 4.19. The quantitative estimate of drug-likeness (QED) is 0.418. The van der Waals surface area contributed by atoms with Crippen LogP contribution in [0.5, 0.6) is 0 Å². The zero-order chi connectivity index (χ0) is 9.83. The van der Waals surface area contributed by atoms with Crippen LogP contribution in [0.15, 0.2) is 48.8 Å². The minimum Gasteiger partial charge on any atom is -0.309 e. The van der Waals surface area contributed by atoms with E-state index in [4.69, 9.17) is 0 Å². The summed E-state index contributed by atoms with van der Waals surface area (Å²) in [7, 11) is 0. The van der Waals surface area contributed by atoms with E-state index < -0.39 is 0 Å². The van der Waals surface area contributed by atoms with Gasteiger partial charge in [0.05, 0.1) is 11.0 Å². The molecule has 4 aromatic rings. The van der Waals surface area contributed by atoms with Gasteiger partial charge < -0.3 is 4.40 Å². The van der Waals surface area contributed by atoms with Crippen molar-refractivity contribution in [3.05, 3.63) is 48.8 Å². The fourth-order valence-corrected chi connectivity index (χ4v) is 2.41. The Labute approximate surface area is 86.1 Å². The Kier molecular flexibility index (Phi) is 1.10. The second-order valence-corrected chi connectivity index (χ2v) is 3.81. The third kappa shape index (κ3) is 0.734. The fourth-order valence-electron chi connectivity index (χ4n) is 2.41. The average Bonchev–Trinajstić information content (AvgIpc) is 2.85. The van der Waals surface area contributed by atoms with Crippen molar-refractivity contribution in [3.63, 3.8) is 0 Å². The summed E-state index contributed by atoms with van der Waals surface area (Å²) in [6.07, 6.45) is 3.79. The first-order valence-corrected chi connectivity index (χ1v) is 5.00. The molecule has 0 aliphatic carbocycles. The molecule has 4 heterocycles. The van der Waals surface area contributed by atoms with Crippen LogP contribution in [0, 0.1) is 0 Å². The number of rotatable bonds is 0. The molecule has 0 N–H and O–H groups in total. The smallest absolute Gasteiger partial charge is 0.0557 e. The molecule has 70 valence electrons. The number of aromatic nitrogens is 2. The van der Waals surface area contributed by atoms with Gasteiger partial charge in [-0.1, -0.05) is 6.07 Å². The van der Waals surface area contributed by atoms with Crippen LogP contribution < -0.4 is 0 Å². The zero-order valence-electron chi connectivity index (χ0n) is 8.01. The van der Waals surface area contributed by atoms with Crippen molar-refractivity contribution in [2.24, 2.45) is 0 Å². The molecule has 0 bridgehead atoms. The van der Waals surface area contributed by atoms with Crippen molar-refractivity contribution in [2.75, 3.05) is 0 Å². The van der Waals surface area contributed by atoms with Gasteiger partial charge in [-0.25, -0.2) is 0 Å². The Hall–Kier alpha value is -2.09. The second kappa shape index (κ2) is 2.28. The predicted octanol–water partition coefficient (Wildman–Crippen LogP) is 3.08. The van der Waals surface area contributed by atoms with Crippen molar-refractivity contribution in [2.45, 2.75) is 0 Å². The van der Waals surface area contributed by atoms with Gasteiger partial charge in [0.15, 0.2) is 0 Å². The Bertz CT molecular complexity index is 745. The molecule has 0 amide bonds. The monoisotopic (exact) mass is 192 g/mol. The van der Waals surface area contributed by atoms with E-state index in [0.717, 1.165) is 0 Å². The van der Waals surface area contributed by atoms with Crippen LogP contribution in [0.2, 0.25) is 0 Å². The molecule has 0 atom stereocenters. The van der Waals surface area contributed by atoms with Gasteiger partial charge in [-0.05, 0) is 30.3 Å². The van der Waals surface area contributed by atoms with Crippen LogP contribution in [0.4, 0.5) is 0 Å². The highest BCUT2D eigenvalue weighted by molar-refractivity contribution is 6.09. The van der Waals surface area contributed by atoms with Crippen molar-refractivity contribution in [3.8, 4) is 0 Å². The summed E-state index contributed by atoms with van der Waals surface area (Å²) < 4.78 is 2.28. The van der Waals surface area contributed by atoms with Crippen LogP contribution >= 0.6 is 0 Å². The van der Waals surface area contributed by atoms with Gasteiger partial charge in [0, 0.05) is 28.7 Å². The molecule has 0 spiro atoms. The van der Waals surface area contributed by atoms with Gasteiger partial charge in [0.1, 0.15) is 0 Å². The number of hydrogen-bond donors (Lipinski definition) is 0. The van der Waals surface area contributed by atoms with Crippen molar-refractivity contribution < 1.29 is 0 Å². The molecule has 0 aliphatic heterocycles. The van der Waals surface area contributed by atoms with Crippen LogP contribution in [-0.4, -0.2) is 9.38 Å². The Balaban J connectivity index is 2.53. The van der Waals surface area contributed by atoms with E-state index in [1.165, 1.54) is 27.3 Å². The fraction of sp³-hybridized carbons (Fsp3) is 0. The highest BCUT2D eigenvalue weighted by Gasteiger charge is 2.09. The predicted molar refractivity (Wildman–Crippen MR) is 61.4 cm³/mol. The molecule has 2 heteroatoms. The minimum absolute atomic E-state index is 1.23. The molecule has 2 nitrogen and oxygen atoms in total. The number of pyridine rings is 2.